The zero-order chi connectivity index (χ0) is 12.3. The monoisotopic (exact) mass is 236 g/mol. The summed E-state index contributed by atoms with van der Waals surface area (Å²) in [6.45, 7) is 4.64. The lowest BCUT2D eigenvalue weighted by Gasteiger charge is -2.36. The maximum atomic E-state index is 12.2. The largest absolute Gasteiger partial charge is 0.340 e. The second-order valence-electron chi connectivity index (χ2n) is 5.03. The lowest BCUT2D eigenvalue weighted by atomic mass is 10.1. The second kappa shape index (κ2) is 5.03. The van der Waals surface area contributed by atoms with Gasteiger partial charge in [-0.25, -0.2) is 0 Å². The molecule has 2 N–H and O–H groups in total. The van der Waals surface area contributed by atoms with E-state index in [4.69, 9.17) is 11.0 Å². The Morgan fingerprint density at radius 3 is 2.41 bits per heavy atom. The summed E-state index contributed by atoms with van der Waals surface area (Å²) in [6.07, 6.45) is 2.48. The number of rotatable bonds is 4. The highest BCUT2D eigenvalue weighted by Crippen LogP contribution is 2.46. The van der Waals surface area contributed by atoms with Crippen LogP contribution in [0.3, 0.4) is 0 Å². The topological polar surface area (TPSA) is 73.4 Å². The summed E-state index contributed by atoms with van der Waals surface area (Å²) in [4.78, 5) is 16.4. The van der Waals surface area contributed by atoms with Crippen LogP contribution < -0.4 is 5.73 Å². The summed E-state index contributed by atoms with van der Waals surface area (Å²) in [5.74, 6) is 0.250. The Kier molecular flexibility index (Phi) is 3.65. The van der Waals surface area contributed by atoms with Gasteiger partial charge in [0.25, 0.3) is 0 Å². The molecule has 1 aliphatic carbocycles. The van der Waals surface area contributed by atoms with E-state index in [0.717, 1.165) is 45.6 Å². The Hall–Kier alpha value is -1.12. The first-order valence-electron chi connectivity index (χ1n) is 6.30. The standard InChI is InChI=1S/C12H20N4O/c13-4-1-5-15-6-8-16(9-7-15)11(17)12(10-14)2-3-12/h1-3,5-10,14H2. The quantitative estimate of drug-likeness (QED) is 0.732. The molecule has 0 aromatic carbocycles. The molecular formula is C12H20N4O. The van der Waals surface area contributed by atoms with Crippen molar-refractivity contribution < 1.29 is 4.79 Å². The molecule has 0 spiro atoms. The van der Waals surface area contributed by atoms with Gasteiger partial charge in [-0.05, 0) is 12.8 Å². The van der Waals surface area contributed by atoms with Crippen molar-refractivity contribution >= 4 is 5.91 Å². The van der Waals surface area contributed by atoms with Gasteiger partial charge in [-0.2, -0.15) is 5.26 Å². The Balaban J connectivity index is 1.79. The van der Waals surface area contributed by atoms with Crippen LogP contribution in [-0.4, -0.2) is 55.0 Å². The van der Waals surface area contributed by atoms with Crippen LogP contribution in [0.5, 0.6) is 0 Å². The first-order chi connectivity index (χ1) is 8.22. The van der Waals surface area contributed by atoms with Crippen molar-refractivity contribution in [3.05, 3.63) is 0 Å². The van der Waals surface area contributed by atoms with Gasteiger partial charge in [0.1, 0.15) is 0 Å². The third kappa shape index (κ3) is 2.59. The first kappa shape index (κ1) is 12.3. The minimum absolute atomic E-state index is 0.213. The van der Waals surface area contributed by atoms with Crippen molar-refractivity contribution in [2.45, 2.75) is 19.3 Å². The van der Waals surface area contributed by atoms with Gasteiger partial charge in [-0.1, -0.05) is 0 Å². The van der Waals surface area contributed by atoms with E-state index in [1.54, 1.807) is 0 Å². The van der Waals surface area contributed by atoms with E-state index in [0.29, 0.717) is 13.0 Å². The van der Waals surface area contributed by atoms with Gasteiger partial charge < -0.3 is 10.6 Å². The lowest BCUT2D eigenvalue weighted by molar-refractivity contribution is -0.138. The molecule has 0 unspecified atom stereocenters. The summed E-state index contributed by atoms with van der Waals surface area (Å²) in [6, 6.07) is 2.15. The van der Waals surface area contributed by atoms with Crippen LogP contribution in [-0.2, 0) is 4.79 Å². The SMILES string of the molecule is N#CCCN1CCN(C(=O)C2(CN)CC2)CC1. The highest BCUT2D eigenvalue weighted by molar-refractivity contribution is 5.85. The fraction of sp³-hybridized carbons (Fsp3) is 0.833. The average molecular weight is 236 g/mol. The minimum atomic E-state index is -0.213. The molecule has 17 heavy (non-hydrogen) atoms. The third-order valence-electron chi connectivity index (χ3n) is 3.90. The zero-order valence-electron chi connectivity index (χ0n) is 10.2. The zero-order valence-corrected chi connectivity index (χ0v) is 10.2. The third-order valence-corrected chi connectivity index (χ3v) is 3.90. The molecule has 0 atom stereocenters. The molecule has 94 valence electrons. The Bertz CT molecular complexity index is 324. The Morgan fingerprint density at radius 2 is 1.94 bits per heavy atom. The van der Waals surface area contributed by atoms with Gasteiger partial charge in [0.15, 0.2) is 0 Å². The van der Waals surface area contributed by atoms with Gasteiger partial charge in [-0.15, -0.1) is 0 Å². The van der Waals surface area contributed by atoms with Gasteiger partial charge in [0.05, 0.1) is 11.5 Å². The highest BCUT2D eigenvalue weighted by Gasteiger charge is 2.50. The summed E-state index contributed by atoms with van der Waals surface area (Å²) in [5.41, 5.74) is 5.46. The van der Waals surface area contributed by atoms with Crippen molar-refractivity contribution in [3.8, 4) is 6.07 Å². The molecule has 0 bridgehead atoms. The molecule has 1 amide bonds. The first-order valence-corrected chi connectivity index (χ1v) is 6.30. The molecule has 1 saturated carbocycles. The van der Waals surface area contributed by atoms with Crippen LogP contribution in [0.4, 0.5) is 0 Å². The van der Waals surface area contributed by atoms with Crippen LogP contribution in [0.1, 0.15) is 19.3 Å². The maximum absolute atomic E-state index is 12.2. The van der Waals surface area contributed by atoms with Crippen LogP contribution in [0, 0.1) is 16.7 Å². The predicted molar refractivity (Wildman–Crippen MR) is 64.0 cm³/mol. The Labute approximate surface area is 102 Å². The van der Waals surface area contributed by atoms with E-state index >= 15 is 0 Å². The van der Waals surface area contributed by atoms with Crippen molar-refractivity contribution in [1.29, 1.82) is 5.26 Å². The maximum Gasteiger partial charge on any atom is 0.230 e. The van der Waals surface area contributed by atoms with Crippen LogP contribution in [0.15, 0.2) is 0 Å². The number of nitrogens with two attached hydrogens (primary N) is 1. The van der Waals surface area contributed by atoms with E-state index in [9.17, 15) is 4.79 Å². The number of piperazine rings is 1. The molecular weight excluding hydrogens is 216 g/mol. The predicted octanol–water partition coefficient (Wildman–Crippen LogP) is -0.217. The molecule has 1 heterocycles. The fourth-order valence-corrected chi connectivity index (χ4v) is 2.37. The molecule has 1 saturated heterocycles. The average Bonchev–Trinajstić information content (AvgIpc) is 3.17. The minimum Gasteiger partial charge on any atom is -0.340 e. The summed E-state index contributed by atoms with van der Waals surface area (Å²) in [7, 11) is 0. The van der Waals surface area contributed by atoms with E-state index in [1.165, 1.54) is 0 Å². The molecule has 0 aromatic rings. The number of amides is 1. The van der Waals surface area contributed by atoms with Crippen LogP contribution in [0.25, 0.3) is 0 Å². The second-order valence-corrected chi connectivity index (χ2v) is 5.03. The van der Waals surface area contributed by atoms with Gasteiger partial charge in [0, 0.05) is 45.7 Å². The number of nitrogens with zero attached hydrogens (tertiary/aromatic N) is 3. The number of carbonyl (C=O) groups is 1. The van der Waals surface area contributed by atoms with Crippen molar-refractivity contribution in [2.24, 2.45) is 11.1 Å². The van der Waals surface area contributed by atoms with Crippen molar-refractivity contribution in [2.75, 3.05) is 39.3 Å². The number of hydrogen-bond acceptors (Lipinski definition) is 4. The summed E-state index contributed by atoms with van der Waals surface area (Å²) >= 11 is 0. The lowest BCUT2D eigenvalue weighted by Crippen LogP contribution is -2.51. The molecule has 0 aromatic heterocycles. The molecule has 2 fully saturated rings. The smallest absolute Gasteiger partial charge is 0.230 e. The van der Waals surface area contributed by atoms with E-state index < -0.39 is 0 Å². The van der Waals surface area contributed by atoms with Gasteiger partial charge in [-0.3, -0.25) is 9.69 Å². The van der Waals surface area contributed by atoms with Crippen molar-refractivity contribution in [3.63, 3.8) is 0 Å². The number of hydrogen-bond donors (Lipinski definition) is 1. The van der Waals surface area contributed by atoms with E-state index in [1.807, 2.05) is 4.90 Å². The summed E-state index contributed by atoms with van der Waals surface area (Å²) in [5, 5.41) is 8.53. The summed E-state index contributed by atoms with van der Waals surface area (Å²) < 4.78 is 0. The van der Waals surface area contributed by atoms with Gasteiger partial charge in [0.2, 0.25) is 5.91 Å². The van der Waals surface area contributed by atoms with E-state index in [2.05, 4.69) is 11.0 Å². The number of carbonyl (C=O) groups excluding carboxylic acids is 1. The molecule has 5 nitrogen and oxygen atoms in total. The van der Waals surface area contributed by atoms with Crippen LogP contribution in [0.2, 0.25) is 0 Å². The molecule has 2 aliphatic rings. The van der Waals surface area contributed by atoms with Crippen LogP contribution >= 0.6 is 0 Å². The Morgan fingerprint density at radius 1 is 1.29 bits per heavy atom. The fourth-order valence-electron chi connectivity index (χ4n) is 2.37. The number of nitriles is 1. The molecule has 5 heteroatoms. The molecule has 0 radical (unpaired) electrons. The highest BCUT2D eigenvalue weighted by atomic mass is 16.2. The van der Waals surface area contributed by atoms with Crippen molar-refractivity contribution in [1.82, 2.24) is 9.80 Å². The normalized spacial score (nSPS) is 23.2. The molecule has 1 aliphatic heterocycles. The van der Waals surface area contributed by atoms with Gasteiger partial charge >= 0.3 is 0 Å². The van der Waals surface area contributed by atoms with E-state index in [-0.39, 0.29) is 11.3 Å². The molecule has 2 rings (SSSR count).